The van der Waals surface area contributed by atoms with Gasteiger partial charge in [-0.25, -0.2) is 0 Å². The summed E-state index contributed by atoms with van der Waals surface area (Å²) >= 11 is 0. The molecule has 6 heteroatoms. The average molecular weight is 984 g/mol. The third-order valence-corrected chi connectivity index (χ3v) is 11.9. The molecular formula is C65H106O6. The first kappa shape index (κ1) is 66.8. The Morgan fingerprint density at radius 3 is 0.915 bits per heavy atom. The summed E-state index contributed by atoms with van der Waals surface area (Å²) in [5.41, 5.74) is 0. The second-order valence-corrected chi connectivity index (χ2v) is 18.8. The molecular weight excluding hydrogens is 877 g/mol. The monoisotopic (exact) mass is 983 g/mol. The maximum atomic E-state index is 12.8. The summed E-state index contributed by atoms with van der Waals surface area (Å²) in [6.07, 6.45) is 80.6. The number of unbranched alkanes of at least 4 members (excludes halogenated alkanes) is 20. The Morgan fingerprint density at radius 1 is 0.296 bits per heavy atom. The van der Waals surface area contributed by atoms with E-state index in [2.05, 4.69) is 142 Å². The van der Waals surface area contributed by atoms with Crippen LogP contribution in [0, 0.1) is 0 Å². The molecule has 402 valence electrons. The highest BCUT2D eigenvalue weighted by Crippen LogP contribution is 2.14. The van der Waals surface area contributed by atoms with Gasteiger partial charge in [0.05, 0.1) is 0 Å². The lowest BCUT2D eigenvalue weighted by atomic mass is 10.0. The van der Waals surface area contributed by atoms with Crippen molar-refractivity contribution in [3.63, 3.8) is 0 Å². The predicted octanol–water partition coefficient (Wildman–Crippen LogP) is 19.6. The van der Waals surface area contributed by atoms with Crippen LogP contribution in [0.1, 0.15) is 252 Å². The van der Waals surface area contributed by atoms with Gasteiger partial charge in [-0.3, -0.25) is 14.4 Å². The fourth-order valence-electron chi connectivity index (χ4n) is 7.64. The minimum atomic E-state index is -0.824. The van der Waals surface area contributed by atoms with Crippen LogP contribution in [0.3, 0.4) is 0 Å². The van der Waals surface area contributed by atoms with Crippen molar-refractivity contribution in [2.24, 2.45) is 0 Å². The van der Waals surface area contributed by atoms with E-state index in [0.717, 1.165) is 109 Å². The first-order valence-corrected chi connectivity index (χ1v) is 29.0. The van der Waals surface area contributed by atoms with Crippen molar-refractivity contribution < 1.29 is 28.6 Å². The van der Waals surface area contributed by atoms with Crippen LogP contribution in [-0.4, -0.2) is 37.2 Å². The molecule has 0 bridgehead atoms. The van der Waals surface area contributed by atoms with E-state index in [9.17, 15) is 14.4 Å². The van der Waals surface area contributed by atoms with Gasteiger partial charge in [0.25, 0.3) is 0 Å². The molecule has 0 saturated heterocycles. The van der Waals surface area contributed by atoms with E-state index in [1.54, 1.807) is 0 Å². The number of carbonyl (C=O) groups is 3. The second kappa shape index (κ2) is 58.4. The molecule has 0 saturated carbocycles. The largest absolute Gasteiger partial charge is 0.462 e. The van der Waals surface area contributed by atoms with Crippen LogP contribution in [0.15, 0.2) is 122 Å². The number of hydrogen-bond acceptors (Lipinski definition) is 6. The molecule has 0 fully saturated rings. The van der Waals surface area contributed by atoms with Gasteiger partial charge in [0.2, 0.25) is 0 Å². The topological polar surface area (TPSA) is 78.9 Å². The van der Waals surface area contributed by atoms with Crippen LogP contribution in [0.25, 0.3) is 0 Å². The summed E-state index contributed by atoms with van der Waals surface area (Å²) in [6.45, 7) is 6.32. The van der Waals surface area contributed by atoms with Crippen LogP contribution in [-0.2, 0) is 28.6 Å². The SMILES string of the molecule is CC/C=C\C/C=C\C/C=C\C/C=C\C/C=C\CCCC(=O)OC(COC(=O)CCCCC/C=C\C/C=C\C/C=C\CC)COC(=O)CCCCCCCCCCCCC/C=C\C/C=C\CCCCCCC. The fourth-order valence-corrected chi connectivity index (χ4v) is 7.64. The van der Waals surface area contributed by atoms with Crippen molar-refractivity contribution >= 4 is 17.9 Å². The summed E-state index contributed by atoms with van der Waals surface area (Å²) in [6, 6.07) is 0. The first-order chi connectivity index (χ1) is 35.0. The van der Waals surface area contributed by atoms with E-state index in [-0.39, 0.29) is 37.5 Å². The number of ether oxygens (including phenoxy) is 3. The highest BCUT2D eigenvalue weighted by Gasteiger charge is 2.19. The summed E-state index contributed by atoms with van der Waals surface area (Å²) < 4.78 is 16.8. The number of rotatable bonds is 51. The zero-order valence-electron chi connectivity index (χ0n) is 45.9. The molecule has 6 nitrogen and oxygen atoms in total. The molecule has 0 radical (unpaired) electrons. The van der Waals surface area contributed by atoms with E-state index >= 15 is 0 Å². The van der Waals surface area contributed by atoms with Gasteiger partial charge in [0.15, 0.2) is 6.10 Å². The molecule has 0 N–H and O–H groups in total. The number of carbonyl (C=O) groups excluding carboxylic acids is 3. The zero-order chi connectivity index (χ0) is 51.4. The Bertz CT molecular complexity index is 1500. The summed E-state index contributed by atoms with van der Waals surface area (Å²) in [5, 5.41) is 0. The quantitative estimate of drug-likeness (QED) is 0.0261. The third-order valence-electron chi connectivity index (χ3n) is 11.9. The molecule has 0 aromatic heterocycles. The minimum absolute atomic E-state index is 0.114. The van der Waals surface area contributed by atoms with E-state index in [4.69, 9.17) is 14.2 Å². The van der Waals surface area contributed by atoms with Gasteiger partial charge in [-0.2, -0.15) is 0 Å². The average Bonchev–Trinajstić information content (AvgIpc) is 3.37. The molecule has 1 unspecified atom stereocenters. The van der Waals surface area contributed by atoms with Crippen LogP contribution in [0.4, 0.5) is 0 Å². The Kier molecular flexibility index (Phi) is 54.9. The summed E-state index contributed by atoms with van der Waals surface area (Å²) in [4.78, 5) is 38.1. The molecule has 0 aliphatic rings. The zero-order valence-corrected chi connectivity index (χ0v) is 45.9. The molecule has 0 aliphatic heterocycles. The van der Waals surface area contributed by atoms with Gasteiger partial charge in [-0.1, -0.05) is 232 Å². The molecule has 0 aromatic carbocycles. The van der Waals surface area contributed by atoms with Crippen LogP contribution in [0.5, 0.6) is 0 Å². The van der Waals surface area contributed by atoms with Gasteiger partial charge in [-0.15, -0.1) is 0 Å². The van der Waals surface area contributed by atoms with Crippen LogP contribution in [0.2, 0.25) is 0 Å². The highest BCUT2D eigenvalue weighted by atomic mass is 16.6. The Morgan fingerprint density at radius 2 is 0.563 bits per heavy atom. The van der Waals surface area contributed by atoms with Gasteiger partial charge in [-0.05, 0) is 122 Å². The number of hydrogen-bond donors (Lipinski definition) is 0. The van der Waals surface area contributed by atoms with Crippen LogP contribution >= 0.6 is 0 Å². The standard InChI is InChI=1S/C65H106O6/c1-4-7-10-13-16-19-22-25-27-29-30-31-32-33-34-36-37-40-43-46-49-52-55-58-64(67)70-61-62(60-69-63(66)57-54-51-48-45-42-39-24-21-18-15-12-9-6-3)71-65(68)59-56-53-50-47-44-41-38-35-28-26-23-20-17-14-11-8-5-2/h8-9,11-12,17-18,20-22,25-26,28-30,38-39,41-42,47,50,62H,4-7,10,13-16,19,23-24,27,31-37,40,43-46,48-49,51-61H2,1-3H3/b11-8-,12-9-,20-17-,21-18-,25-22-,28-26-,30-29-,41-38-,42-39-,50-47-. The van der Waals surface area contributed by atoms with Crippen molar-refractivity contribution in [2.75, 3.05) is 13.2 Å². The highest BCUT2D eigenvalue weighted by molar-refractivity contribution is 5.71. The van der Waals surface area contributed by atoms with Crippen molar-refractivity contribution in [1.82, 2.24) is 0 Å². The predicted molar refractivity (Wildman–Crippen MR) is 306 cm³/mol. The lowest BCUT2D eigenvalue weighted by Gasteiger charge is -2.18. The van der Waals surface area contributed by atoms with Crippen molar-refractivity contribution in [2.45, 2.75) is 258 Å². The lowest BCUT2D eigenvalue weighted by Crippen LogP contribution is -2.30. The molecule has 0 spiro atoms. The maximum Gasteiger partial charge on any atom is 0.306 e. The molecule has 0 aliphatic carbocycles. The van der Waals surface area contributed by atoms with Crippen molar-refractivity contribution in [3.8, 4) is 0 Å². The van der Waals surface area contributed by atoms with E-state index in [1.807, 2.05) is 0 Å². The Labute approximate surface area is 437 Å². The molecule has 1 atom stereocenters. The fraction of sp³-hybridized carbons (Fsp3) is 0.646. The van der Waals surface area contributed by atoms with E-state index < -0.39 is 6.10 Å². The maximum absolute atomic E-state index is 12.8. The molecule has 0 rings (SSSR count). The molecule has 0 amide bonds. The Hall–Kier alpha value is -4.19. The van der Waals surface area contributed by atoms with Gasteiger partial charge in [0.1, 0.15) is 13.2 Å². The molecule has 0 aromatic rings. The van der Waals surface area contributed by atoms with E-state index in [0.29, 0.717) is 19.3 Å². The third kappa shape index (κ3) is 56.6. The van der Waals surface area contributed by atoms with E-state index in [1.165, 1.54) is 96.3 Å². The summed E-state index contributed by atoms with van der Waals surface area (Å²) in [5.74, 6) is -1.01. The normalized spacial score (nSPS) is 13.0. The summed E-state index contributed by atoms with van der Waals surface area (Å²) in [7, 11) is 0. The van der Waals surface area contributed by atoms with Crippen molar-refractivity contribution in [3.05, 3.63) is 122 Å². The van der Waals surface area contributed by atoms with Gasteiger partial charge >= 0.3 is 17.9 Å². The van der Waals surface area contributed by atoms with Gasteiger partial charge < -0.3 is 14.2 Å². The van der Waals surface area contributed by atoms with Crippen LogP contribution < -0.4 is 0 Å². The molecule has 0 heterocycles. The van der Waals surface area contributed by atoms with Gasteiger partial charge in [0, 0.05) is 19.3 Å². The number of esters is 3. The number of allylic oxidation sites excluding steroid dienone is 20. The molecule has 71 heavy (non-hydrogen) atoms. The second-order valence-electron chi connectivity index (χ2n) is 18.8. The minimum Gasteiger partial charge on any atom is -0.462 e. The smallest absolute Gasteiger partial charge is 0.306 e. The lowest BCUT2D eigenvalue weighted by molar-refractivity contribution is -0.167. The first-order valence-electron chi connectivity index (χ1n) is 29.0. The van der Waals surface area contributed by atoms with Crippen molar-refractivity contribution in [1.29, 1.82) is 0 Å². The Balaban J connectivity index is 4.44.